The average molecular weight is 428 g/mol. The molecule has 1 amide bonds. The minimum atomic E-state index is -1.31. The number of rotatable bonds is 6. The fourth-order valence-corrected chi connectivity index (χ4v) is 4.79. The molecule has 4 rings (SSSR count). The Morgan fingerprint density at radius 1 is 1.19 bits per heavy atom. The van der Waals surface area contributed by atoms with Crippen LogP contribution in [0, 0.1) is 30.1 Å². The van der Waals surface area contributed by atoms with Crippen LogP contribution in [0.2, 0.25) is 0 Å². The molecule has 0 aromatic carbocycles. The molecule has 0 spiro atoms. The fraction of sp³-hybridized carbons (Fsp3) is 0.682. The number of hydrogen-bond acceptors (Lipinski definition) is 6. The molecule has 168 valence electrons. The number of amidine groups is 1. The lowest BCUT2D eigenvalue weighted by atomic mass is 9.80. The molecule has 31 heavy (non-hydrogen) atoms. The standard InChI is InChI=1S/C22H33N7O2/c1-12-7-9-15(10-8-12)11-29-14(3)25-20-17(29)19(24-13(2)16-5-4-6-16)27-21(28-20)18(23)26-22(30)31/h12-13,15-16H,4-11H2,1-3H3,(H2,23,26)(H,30,31)(H,24,27,28)/t12?,13-,15?/m1/s1. The molecule has 2 aliphatic rings. The Morgan fingerprint density at radius 3 is 2.52 bits per heavy atom. The largest absolute Gasteiger partial charge is 0.465 e. The second kappa shape index (κ2) is 8.80. The third kappa shape index (κ3) is 4.65. The highest BCUT2D eigenvalue weighted by atomic mass is 16.4. The summed E-state index contributed by atoms with van der Waals surface area (Å²) in [6, 6.07) is 0.237. The van der Waals surface area contributed by atoms with Crippen molar-refractivity contribution in [2.75, 3.05) is 5.32 Å². The Morgan fingerprint density at radius 2 is 1.90 bits per heavy atom. The summed E-state index contributed by atoms with van der Waals surface area (Å²) in [5, 5.41) is 22.6. The van der Waals surface area contributed by atoms with Gasteiger partial charge in [0.05, 0.1) is 0 Å². The number of carboxylic acid groups (broad SMARTS) is 1. The molecule has 2 aromatic heterocycles. The van der Waals surface area contributed by atoms with Crippen LogP contribution in [0.5, 0.6) is 0 Å². The lowest BCUT2D eigenvalue weighted by Gasteiger charge is -2.32. The number of imidazole rings is 1. The third-order valence-corrected chi connectivity index (χ3v) is 7.05. The highest BCUT2D eigenvalue weighted by Gasteiger charge is 2.27. The van der Waals surface area contributed by atoms with Crippen LogP contribution in [0.1, 0.15) is 70.4 Å². The van der Waals surface area contributed by atoms with Gasteiger partial charge in [-0.05, 0) is 57.3 Å². The number of carbonyl (C=O) groups is 1. The molecule has 2 aliphatic carbocycles. The maximum absolute atomic E-state index is 11.0. The molecule has 0 aliphatic heterocycles. The number of fused-ring (bicyclic) bond motifs is 1. The van der Waals surface area contributed by atoms with Crippen molar-refractivity contribution in [1.29, 1.82) is 5.41 Å². The Bertz CT molecular complexity index is 974. The molecule has 2 heterocycles. The van der Waals surface area contributed by atoms with Crippen molar-refractivity contribution in [3.8, 4) is 0 Å². The molecule has 9 nitrogen and oxygen atoms in total. The first-order valence-electron chi connectivity index (χ1n) is 11.4. The number of anilines is 1. The van der Waals surface area contributed by atoms with E-state index in [-0.39, 0.29) is 17.7 Å². The van der Waals surface area contributed by atoms with Gasteiger partial charge in [-0.1, -0.05) is 26.2 Å². The SMILES string of the molecule is Cc1nc2nc(C(=N)NC(=O)O)nc(N[C@H](C)C3CCC3)c2n1CC1CCC(C)CC1. The molecule has 0 unspecified atom stereocenters. The van der Waals surface area contributed by atoms with Crippen LogP contribution in [-0.2, 0) is 6.54 Å². The van der Waals surface area contributed by atoms with Gasteiger partial charge in [-0.2, -0.15) is 0 Å². The van der Waals surface area contributed by atoms with Gasteiger partial charge in [0, 0.05) is 12.6 Å². The van der Waals surface area contributed by atoms with Gasteiger partial charge < -0.3 is 15.0 Å². The predicted molar refractivity (Wildman–Crippen MR) is 120 cm³/mol. The van der Waals surface area contributed by atoms with E-state index in [4.69, 9.17) is 10.5 Å². The van der Waals surface area contributed by atoms with Crippen LogP contribution in [0.4, 0.5) is 10.6 Å². The van der Waals surface area contributed by atoms with Crippen LogP contribution >= 0.6 is 0 Å². The van der Waals surface area contributed by atoms with Gasteiger partial charge in [-0.3, -0.25) is 10.7 Å². The highest BCUT2D eigenvalue weighted by Crippen LogP contribution is 2.34. The number of nitrogens with zero attached hydrogens (tertiary/aromatic N) is 4. The summed E-state index contributed by atoms with van der Waals surface area (Å²) in [6.45, 7) is 7.35. The molecule has 2 fully saturated rings. The highest BCUT2D eigenvalue weighted by molar-refractivity contribution is 6.03. The van der Waals surface area contributed by atoms with Crippen molar-refractivity contribution in [3.63, 3.8) is 0 Å². The topological polar surface area (TPSA) is 129 Å². The van der Waals surface area contributed by atoms with Crippen molar-refractivity contribution in [1.82, 2.24) is 24.8 Å². The van der Waals surface area contributed by atoms with Gasteiger partial charge in [0.15, 0.2) is 23.1 Å². The van der Waals surface area contributed by atoms with Crippen molar-refractivity contribution in [2.24, 2.45) is 17.8 Å². The van der Waals surface area contributed by atoms with Crippen LogP contribution in [-0.4, -0.2) is 42.6 Å². The monoisotopic (exact) mass is 427 g/mol. The minimum absolute atomic E-state index is 0.0364. The van der Waals surface area contributed by atoms with Gasteiger partial charge in [-0.25, -0.2) is 19.7 Å². The zero-order valence-corrected chi connectivity index (χ0v) is 18.6. The van der Waals surface area contributed by atoms with Crippen LogP contribution in [0.15, 0.2) is 0 Å². The van der Waals surface area contributed by atoms with Crippen molar-refractivity contribution >= 4 is 28.9 Å². The van der Waals surface area contributed by atoms with E-state index in [0.29, 0.717) is 23.3 Å². The summed E-state index contributed by atoms with van der Waals surface area (Å²) < 4.78 is 2.21. The van der Waals surface area contributed by atoms with Crippen LogP contribution in [0.25, 0.3) is 11.2 Å². The fourth-order valence-electron chi connectivity index (χ4n) is 4.79. The second-order valence-corrected chi connectivity index (χ2v) is 9.39. The number of nitrogens with one attached hydrogen (secondary N) is 3. The van der Waals surface area contributed by atoms with Gasteiger partial charge in [0.25, 0.3) is 0 Å². The minimum Gasteiger partial charge on any atom is -0.465 e. The van der Waals surface area contributed by atoms with E-state index in [1.807, 2.05) is 6.92 Å². The summed E-state index contributed by atoms with van der Waals surface area (Å²) in [5.74, 6) is 3.21. The van der Waals surface area contributed by atoms with Crippen molar-refractivity contribution < 1.29 is 9.90 Å². The zero-order valence-electron chi connectivity index (χ0n) is 18.6. The van der Waals surface area contributed by atoms with E-state index in [9.17, 15) is 4.79 Å². The summed E-state index contributed by atoms with van der Waals surface area (Å²) in [5.41, 5.74) is 1.36. The van der Waals surface area contributed by atoms with Gasteiger partial charge in [0.2, 0.25) is 0 Å². The van der Waals surface area contributed by atoms with E-state index in [2.05, 4.69) is 44.0 Å². The van der Waals surface area contributed by atoms with E-state index in [1.165, 1.54) is 44.9 Å². The summed E-state index contributed by atoms with van der Waals surface area (Å²) in [7, 11) is 0. The molecular weight excluding hydrogens is 394 g/mol. The lowest BCUT2D eigenvalue weighted by molar-refractivity contribution is 0.200. The summed E-state index contributed by atoms with van der Waals surface area (Å²) >= 11 is 0. The normalized spacial score (nSPS) is 22.7. The first-order chi connectivity index (χ1) is 14.8. The molecule has 0 radical (unpaired) electrons. The first-order valence-corrected chi connectivity index (χ1v) is 11.4. The van der Waals surface area contributed by atoms with E-state index >= 15 is 0 Å². The maximum Gasteiger partial charge on any atom is 0.410 e. The summed E-state index contributed by atoms with van der Waals surface area (Å²) in [6.07, 6.45) is 7.30. The Hall–Kier alpha value is -2.71. The molecule has 1 atom stereocenters. The van der Waals surface area contributed by atoms with Gasteiger partial charge >= 0.3 is 6.09 Å². The molecule has 0 bridgehead atoms. The van der Waals surface area contributed by atoms with E-state index < -0.39 is 6.09 Å². The van der Waals surface area contributed by atoms with Gasteiger partial charge in [0.1, 0.15) is 11.3 Å². The Balaban J connectivity index is 1.70. The molecule has 2 saturated carbocycles. The van der Waals surface area contributed by atoms with Crippen molar-refractivity contribution in [2.45, 2.75) is 78.3 Å². The second-order valence-electron chi connectivity index (χ2n) is 9.39. The smallest absolute Gasteiger partial charge is 0.410 e. The number of aryl methyl sites for hydroxylation is 1. The number of aromatic nitrogens is 4. The van der Waals surface area contributed by atoms with Crippen LogP contribution in [0.3, 0.4) is 0 Å². The lowest BCUT2D eigenvalue weighted by Crippen LogP contribution is -2.33. The third-order valence-electron chi connectivity index (χ3n) is 7.05. The predicted octanol–water partition coefficient (Wildman–Crippen LogP) is 4.15. The number of amides is 1. The quantitative estimate of drug-likeness (QED) is 0.405. The molecule has 0 saturated heterocycles. The first kappa shape index (κ1) is 21.5. The van der Waals surface area contributed by atoms with Crippen LogP contribution < -0.4 is 10.6 Å². The Labute approximate surface area is 182 Å². The molecule has 2 aromatic rings. The number of hydrogen-bond donors (Lipinski definition) is 4. The molecular formula is C22H33N7O2. The van der Waals surface area contributed by atoms with E-state index in [1.54, 1.807) is 0 Å². The van der Waals surface area contributed by atoms with Gasteiger partial charge in [-0.15, -0.1) is 0 Å². The molecule has 4 N–H and O–H groups in total. The van der Waals surface area contributed by atoms with E-state index in [0.717, 1.165) is 23.8 Å². The maximum atomic E-state index is 11.0. The average Bonchev–Trinajstić information content (AvgIpc) is 2.97. The Kier molecular flexibility index (Phi) is 6.11. The van der Waals surface area contributed by atoms with Crippen molar-refractivity contribution in [3.05, 3.63) is 11.6 Å². The zero-order chi connectivity index (χ0) is 22.1. The summed E-state index contributed by atoms with van der Waals surface area (Å²) in [4.78, 5) is 24.7. The molecule has 9 heteroatoms.